The van der Waals surface area contributed by atoms with Gasteiger partial charge in [0.2, 0.25) is 0 Å². The Labute approximate surface area is 86.2 Å². The first-order chi connectivity index (χ1) is 6.88. The number of amides is 1. The van der Waals surface area contributed by atoms with E-state index < -0.39 is 18.2 Å². The maximum absolute atomic E-state index is 11.8. The van der Waals surface area contributed by atoms with Crippen molar-refractivity contribution < 1.29 is 18.0 Å². The van der Waals surface area contributed by atoms with Gasteiger partial charge in [-0.3, -0.25) is 4.79 Å². The third-order valence-corrected chi connectivity index (χ3v) is 1.79. The second-order valence-corrected chi connectivity index (χ2v) is 3.22. The Morgan fingerprint density at radius 1 is 1.27 bits per heavy atom. The molecule has 1 unspecified atom stereocenters. The van der Waals surface area contributed by atoms with E-state index in [0.29, 0.717) is 19.4 Å². The summed E-state index contributed by atoms with van der Waals surface area (Å²) in [6, 6.07) is 0. The number of halogens is 3. The first-order valence-corrected chi connectivity index (χ1v) is 4.71. The van der Waals surface area contributed by atoms with E-state index in [2.05, 4.69) is 0 Å². The third kappa shape index (κ3) is 7.15. The van der Waals surface area contributed by atoms with Crippen LogP contribution in [-0.4, -0.2) is 24.8 Å². The molecule has 1 amide bonds. The van der Waals surface area contributed by atoms with Crippen molar-refractivity contribution in [1.29, 1.82) is 0 Å². The lowest BCUT2D eigenvalue weighted by atomic mass is 10.1. The molecule has 5 N–H and O–H groups in total. The molecule has 0 saturated carbocycles. The molecule has 0 fully saturated rings. The fraction of sp³-hybridized carbons (Fsp3) is 0.875. The summed E-state index contributed by atoms with van der Waals surface area (Å²) in [5.74, 6) is -1.99. The van der Waals surface area contributed by atoms with Gasteiger partial charge in [0, 0.05) is 0 Å². The number of alkyl halides is 3. The van der Waals surface area contributed by atoms with Gasteiger partial charge in [0.25, 0.3) is 0 Å². The molecular formula is C8H16F3N3O. The van der Waals surface area contributed by atoms with Crippen LogP contribution in [0.2, 0.25) is 0 Å². The Morgan fingerprint density at radius 3 is 2.33 bits per heavy atom. The monoisotopic (exact) mass is 227 g/mol. The van der Waals surface area contributed by atoms with Crippen LogP contribution in [0, 0.1) is 0 Å². The second-order valence-electron chi connectivity index (χ2n) is 3.22. The highest BCUT2D eigenvalue weighted by Gasteiger charge is 2.39. The Balaban J connectivity index is 3.65. The van der Waals surface area contributed by atoms with Crippen LogP contribution in [0.15, 0.2) is 0 Å². The van der Waals surface area contributed by atoms with Crippen LogP contribution < -0.4 is 16.8 Å². The maximum atomic E-state index is 11.8. The minimum Gasteiger partial charge on any atom is -0.333 e. The van der Waals surface area contributed by atoms with Crippen LogP contribution in [0.1, 0.15) is 25.7 Å². The van der Waals surface area contributed by atoms with Crippen LogP contribution in [0.3, 0.4) is 0 Å². The average molecular weight is 227 g/mol. The van der Waals surface area contributed by atoms with E-state index in [4.69, 9.17) is 11.5 Å². The molecule has 0 spiro atoms. The lowest BCUT2D eigenvalue weighted by Gasteiger charge is -2.14. The second kappa shape index (κ2) is 6.62. The third-order valence-electron chi connectivity index (χ3n) is 1.79. The van der Waals surface area contributed by atoms with Gasteiger partial charge in [-0.05, 0) is 19.4 Å². The fourth-order valence-corrected chi connectivity index (χ4v) is 1.01. The number of carbonyl (C=O) groups is 1. The van der Waals surface area contributed by atoms with E-state index >= 15 is 0 Å². The predicted molar refractivity (Wildman–Crippen MR) is 49.7 cm³/mol. The van der Waals surface area contributed by atoms with Gasteiger partial charge in [-0.2, -0.15) is 13.2 Å². The van der Waals surface area contributed by atoms with Crippen molar-refractivity contribution in [2.24, 2.45) is 11.5 Å². The number of nitrogens with two attached hydrogens (primary N) is 2. The minimum absolute atomic E-state index is 0.321. The summed E-state index contributed by atoms with van der Waals surface area (Å²) in [5.41, 5.74) is 10.5. The molecule has 7 heteroatoms. The van der Waals surface area contributed by atoms with Gasteiger partial charge in [-0.1, -0.05) is 12.8 Å². The fourth-order valence-electron chi connectivity index (χ4n) is 1.01. The highest BCUT2D eigenvalue weighted by Crippen LogP contribution is 2.14. The van der Waals surface area contributed by atoms with E-state index in [-0.39, 0.29) is 0 Å². The van der Waals surface area contributed by atoms with Crippen LogP contribution in [0.4, 0.5) is 13.2 Å². The molecule has 1 atom stereocenters. The lowest BCUT2D eigenvalue weighted by molar-refractivity contribution is -0.174. The molecule has 15 heavy (non-hydrogen) atoms. The molecule has 0 radical (unpaired) electrons. The molecule has 0 rings (SSSR count). The zero-order valence-electron chi connectivity index (χ0n) is 8.31. The molecule has 0 aromatic rings. The highest BCUT2D eigenvalue weighted by molar-refractivity contribution is 5.81. The number of hydrogen-bond acceptors (Lipinski definition) is 3. The molecule has 90 valence electrons. The standard InChI is InChI=1S/C8H16F3N3O/c9-8(10,11)7(15)14-6(13)4-2-1-3-5-12/h6H,1-5,12-13H2,(H,14,15). The van der Waals surface area contributed by atoms with E-state index in [0.717, 1.165) is 12.8 Å². The Kier molecular flexibility index (Phi) is 6.26. The largest absolute Gasteiger partial charge is 0.471 e. The van der Waals surface area contributed by atoms with Crippen molar-refractivity contribution in [2.75, 3.05) is 6.54 Å². The number of unbranched alkanes of at least 4 members (excludes halogenated alkanes) is 2. The van der Waals surface area contributed by atoms with Gasteiger partial charge in [-0.25, -0.2) is 0 Å². The van der Waals surface area contributed by atoms with Crippen molar-refractivity contribution in [2.45, 2.75) is 38.0 Å². The molecular weight excluding hydrogens is 211 g/mol. The van der Waals surface area contributed by atoms with E-state index in [1.165, 1.54) is 0 Å². The van der Waals surface area contributed by atoms with Crippen LogP contribution in [0.25, 0.3) is 0 Å². The van der Waals surface area contributed by atoms with Gasteiger partial charge >= 0.3 is 12.1 Å². The quantitative estimate of drug-likeness (QED) is 0.455. The number of nitrogens with one attached hydrogen (secondary N) is 1. The van der Waals surface area contributed by atoms with Gasteiger partial charge < -0.3 is 16.8 Å². The van der Waals surface area contributed by atoms with Gasteiger partial charge in [0.05, 0.1) is 6.17 Å². The van der Waals surface area contributed by atoms with E-state index in [1.807, 2.05) is 0 Å². The molecule has 0 bridgehead atoms. The van der Waals surface area contributed by atoms with Crippen molar-refractivity contribution in [1.82, 2.24) is 5.32 Å². The van der Waals surface area contributed by atoms with Crippen LogP contribution in [-0.2, 0) is 4.79 Å². The van der Waals surface area contributed by atoms with E-state index in [1.54, 1.807) is 5.32 Å². The Hall–Kier alpha value is -0.820. The highest BCUT2D eigenvalue weighted by atomic mass is 19.4. The van der Waals surface area contributed by atoms with Crippen molar-refractivity contribution in [3.05, 3.63) is 0 Å². The van der Waals surface area contributed by atoms with Gasteiger partial charge in [0.1, 0.15) is 0 Å². The summed E-state index contributed by atoms with van der Waals surface area (Å²) < 4.78 is 35.3. The normalized spacial score (nSPS) is 13.7. The lowest BCUT2D eigenvalue weighted by Crippen LogP contribution is -2.47. The average Bonchev–Trinajstić information content (AvgIpc) is 2.11. The Bertz CT molecular complexity index is 196. The molecule has 0 aliphatic rings. The minimum atomic E-state index is -4.87. The van der Waals surface area contributed by atoms with Crippen molar-refractivity contribution in [3.63, 3.8) is 0 Å². The predicted octanol–water partition coefficient (Wildman–Crippen LogP) is 0.469. The summed E-state index contributed by atoms with van der Waals surface area (Å²) in [7, 11) is 0. The first-order valence-electron chi connectivity index (χ1n) is 4.71. The number of hydrogen-bond donors (Lipinski definition) is 3. The summed E-state index contributed by atoms with van der Waals surface area (Å²) in [4.78, 5) is 10.4. The topological polar surface area (TPSA) is 81.1 Å². The molecule has 0 aliphatic carbocycles. The van der Waals surface area contributed by atoms with Gasteiger partial charge in [-0.15, -0.1) is 0 Å². The summed E-state index contributed by atoms with van der Waals surface area (Å²) >= 11 is 0. The molecule has 0 saturated heterocycles. The molecule has 0 aromatic heterocycles. The molecule has 0 heterocycles. The van der Waals surface area contributed by atoms with E-state index in [9.17, 15) is 18.0 Å². The zero-order chi connectivity index (χ0) is 11.9. The van der Waals surface area contributed by atoms with Crippen molar-refractivity contribution in [3.8, 4) is 0 Å². The van der Waals surface area contributed by atoms with Crippen molar-refractivity contribution >= 4 is 5.91 Å². The first kappa shape index (κ1) is 14.2. The molecule has 0 aromatic carbocycles. The van der Waals surface area contributed by atoms with Crippen LogP contribution >= 0.6 is 0 Å². The summed E-state index contributed by atoms with van der Waals surface area (Å²) in [5, 5.41) is 1.68. The number of carbonyl (C=O) groups excluding carboxylic acids is 1. The molecule has 4 nitrogen and oxygen atoms in total. The summed E-state index contributed by atoms with van der Waals surface area (Å²) in [6.07, 6.45) is -3.24. The van der Waals surface area contributed by atoms with Crippen LogP contribution in [0.5, 0.6) is 0 Å². The number of rotatable bonds is 6. The Morgan fingerprint density at radius 2 is 1.87 bits per heavy atom. The smallest absolute Gasteiger partial charge is 0.333 e. The molecule has 0 aliphatic heterocycles. The maximum Gasteiger partial charge on any atom is 0.471 e. The SMILES string of the molecule is NCCCCCC(N)NC(=O)C(F)(F)F. The van der Waals surface area contributed by atoms with Gasteiger partial charge in [0.15, 0.2) is 0 Å². The summed E-state index contributed by atoms with van der Waals surface area (Å²) in [6.45, 7) is 0.546. The zero-order valence-corrected chi connectivity index (χ0v) is 8.31.